The van der Waals surface area contributed by atoms with Gasteiger partial charge in [-0.2, -0.15) is 0 Å². The first-order chi connectivity index (χ1) is 5.15. The van der Waals surface area contributed by atoms with Crippen molar-refractivity contribution < 1.29 is 0 Å². The average molecular weight is 150 g/mol. The third kappa shape index (κ3) is 1.52. The third-order valence-corrected chi connectivity index (χ3v) is 1.78. The highest BCUT2D eigenvalue weighted by Gasteiger charge is 2.06. The molecule has 60 valence electrons. The Morgan fingerprint density at radius 1 is 1.64 bits per heavy atom. The van der Waals surface area contributed by atoms with E-state index in [0.717, 1.165) is 11.4 Å². The lowest BCUT2D eigenvalue weighted by Crippen LogP contribution is -2.08. The minimum atomic E-state index is -0.0660. The summed E-state index contributed by atoms with van der Waals surface area (Å²) in [4.78, 5) is 3.20. The monoisotopic (exact) mass is 150 g/mol. The largest absolute Gasteiger partial charge is 0.361 e. The van der Waals surface area contributed by atoms with Crippen LogP contribution in [0.2, 0.25) is 0 Å². The average Bonchev–Trinajstić information content (AvgIpc) is 2.28. The molecule has 0 spiro atoms. The van der Waals surface area contributed by atoms with E-state index in [9.17, 15) is 0 Å². The molecular weight excluding hydrogens is 136 g/mol. The summed E-state index contributed by atoms with van der Waals surface area (Å²) in [7, 11) is 0. The fourth-order valence-corrected chi connectivity index (χ4v) is 1.21. The maximum Gasteiger partial charge on any atom is 0.0633 e. The first-order valence-electron chi connectivity index (χ1n) is 3.69. The second-order valence-electron chi connectivity index (χ2n) is 2.81. The minimum absolute atomic E-state index is 0.0660. The number of aryl methyl sites for hydroxylation is 2. The van der Waals surface area contributed by atoms with Gasteiger partial charge in [0.15, 0.2) is 0 Å². The topological polar surface area (TPSA) is 41.8 Å². The summed E-state index contributed by atoms with van der Waals surface area (Å²) in [6.45, 7) is 7.71. The molecule has 0 saturated heterocycles. The van der Waals surface area contributed by atoms with E-state index in [0.29, 0.717) is 0 Å². The Bertz CT molecular complexity index is 261. The molecule has 0 fully saturated rings. The zero-order chi connectivity index (χ0) is 8.43. The summed E-state index contributed by atoms with van der Waals surface area (Å²) < 4.78 is 0. The molecular formula is C9H14N2. The molecule has 2 nitrogen and oxygen atoms in total. The lowest BCUT2D eigenvalue weighted by Gasteiger charge is -2.04. The number of nitrogens with one attached hydrogen (secondary N) is 1. The SMILES string of the molecule is C=C[C@@H](N)c1[nH]c(C)cc1C. The molecule has 11 heavy (non-hydrogen) atoms. The van der Waals surface area contributed by atoms with Crippen LogP contribution < -0.4 is 5.73 Å². The highest BCUT2D eigenvalue weighted by atomic mass is 14.8. The van der Waals surface area contributed by atoms with E-state index in [1.807, 2.05) is 13.8 Å². The number of aromatic amines is 1. The van der Waals surface area contributed by atoms with Crippen molar-refractivity contribution in [2.24, 2.45) is 5.73 Å². The van der Waals surface area contributed by atoms with Gasteiger partial charge in [0.2, 0.25) is 0 Å². The number of aromatic nitrogens is 1. The number of nitrogens with two attached hydrogens (primary N) is 1. The van der Waals surface area contributed by atoms with Gasteiger partial charge in [-0.25, -0.2) is 0 Å². The molecule has 1 atom stereocenters. The predicted octanol–water partition coefficient (Wildman–Crippen LogP) is 1.82. The van der Waals surface area contributed by atoms with E-state index < -0.39 is 0 Å². The predicted molar refractivity (Wildman–Crippen MR) is 47.4 cm³/mol. The van der Waals surface area contributed by atoms with Crippen molar-refractivity contribution in [2.45, 2.75) is 19.9 Å². The van der Waals surface area contributed by atoms with E-state index in [1.54, 1.807) is 6.08 Å². The van der Waals surface area contributed by atoms with Gasteiger partial charge >= 0.3 is 0 Å². The van der Waals surface area contributed by atoms with Gasteiger partial charge in [0.05, 0.1) is 6.04 Å². The Morgan fingerprint density at radius 2 is 2.27 bits per heavy atom. The smallest absolute Gasteiger partial charge is 0.0633 e. The molecule has 0 aliphatic carbocycles. The quantitative estimate of drug-likeness (QED) is 0.620. The molecule has 0 aliphatic heterocycles. The van der Waals surface area contributed by atoms with Crippen LogP contribution in [0.15, 0.2) is 18.7 Å². The number of hydrogen-bond donors (Lipinski definition) is 2. The van der Waals surface area contributed by atoms with Gasteiger partial charge in [0.1, 0.15) is 0 Å². The van der Waals surface area contributed by atoms with Gasteiger partial charge in [-0.3, -0.25) is 0 Å². The molecule has 1 aromatic rings. The molecule has 1 rings (SSSR count). The maximum absolute atomic E-state index is 5.76. The van der Waals surface area contributed by atoms with Crippen LogP contribution in [0.5, 0.6) is 0 Å². The molecule has 1 heterocycles. The van der Waals surface area contributed by atoms with Crippen LogP contribution in [0.25, 0.3) is 0 Å². The summed E-state index contributed by atoms with van der Waals surface area (Å²) in [5, 5.41) is 0. The van der Waals surface area contributed by atoms with Gasteiger partial charge in [0, 0.05) is 11.4 Å². The van der Waals surface area contributed by atoms with E-state index in [4.69, 9.17) is 5.73 Å². The zero-order valence-corrected chi connectivity index (χ0v) is 7.02. The second kappa shape index (κ2) is 2.93. The molecule has 0 saturated carbocycles. The number of H-pyrrole nitrogens is 1. The number of rotatable bonds is 2. The molecule has 1 aromatic heterocycles. The van der Waals surface area contributed by atoms with E-state index >= 15 is 0 Å². The summed E-state index contributed by atoms with van der Waals surface area (Å²) >= 11 is 0. The normalized spacial score (nSPS) is 13.0. The van der Waals surface area contributed by atoms with Gasteiger partial charge in [-0.1, -0.05) is 6.08 Å². The fraction of sp³-hybridized carbons (Fsp3) is 0.333. The molecule has 2 heteroatoms. The van der Waals surface area contributed by atoms with Crippen molar-refractivity contribution in [1.82, 2.24) is 4.98 Å². The van der Waals surface area contributed by atoms with Crippen LogP contribution >= 0.6 is 0 Å². The van der Waals surface area contributed by atoms with Crippen molar-refractivity contribution >= 4 is 0 Å². The summed E-state index contributed by atoms with van der Waals surface area (Å²) in [5.41, 5.74) is 9.18. The van der Waals surface area contributed by atoms with E-state index in [2.05, 4.69) is 17.6 Å². The third-order valence-electron chi connectivity index (χ3n) is 1.78. The standard InChI is InChI=1S/C9H14N2/c1-4-8(10)9-6(2)5-7(3)11-9/h4-5,8,11H,1,10H2,2-3H3/t8-/m1/s1. The Morgan fingerprint density at radius 3 is 2.64 bits per heavy atom. The minimum Gasteiger partial charge on any atom is -0.361 e. The van der Waals surface area contributed by atoms with Crippen LogP contribution in [-0.4, -0.2) is 4.98 Å². The van der Waals surface area contributed by atoms with Crippen LogP contribution in [-0.2, 0) is 0 Å². The highest BCUT2D eigenvalue weighted by molar-refractivity contribution is 5.28. The van der Waals surface area contributed by atoms with Crippen molar-refractivity contribution in [2.75, 3.05) is 0 Å². The van der Waals surface area contributed by atoms with Crippen LogP contribution in [0, 0.1) is 13.8 Å². The van der Waals surface area contributed by atoms with Crippen LogP contribution in [0.1, 0.15) is 23.0 Å². The van der Waals surface area contributed by atoms with E-state index in [1.165, 1.54) is 5.56 Å². The molecule has 0 radical (unpaired) electrons. The molecule has 3 N–H and O–H groups in total. The molecule has 0 bridgehead atoms. The molecule has 0 aliphatic rings. The Hall–Kier alpha value is -1.02. The summed E-state index contributed by atoms with van der Waals surface area (Å²) in [5.74, 6) is 0. The van der Waals surface area contributed by atoms with Crippen molar-refractivity contribution in [3.05, 3.63) is 35.7 Å². The first kappa shape index (κ1) is 8.08. The van der Waals surface area contributed by atoms with Crippen LogP contribution in [0.3, 0.4) is 0 Å². The van der Waals surface area contributed by atoms with Gasteiger partial charge in [-0.05, 0) is 25.5 Å². The Kier molecular flexibility index (Phi) is 2.15. The Balaban J connectivity index is 3.02. The Labute approximate surface area is 67.1 Å². The van der Waals surface area contributed by atoms with Crippen LogP contribution in [0.4, 0.5) is 0 Å². The number of hydrogen-bond acceptors (Lipinski definition) is 1. The maximum atomic E-state index is 5.76. The first-order valence-corrected chi connectivity index (χ1v) is 3.69. The van der Waals surface area contributed by atoms with Crippen molar-refractivity contribution in [3.8, 4) is 0 Å². The fourth-order valence-electron chi connectivity index (χ4n) is 1.21. The van der Waals surface area contributed by atoms with Gasteiger partial charge in [0.25, 0.3) is 0 Å². The molecule has 0 aromatic carbocycles. The lowest BCUT2D eigenvalue weighted by molar-refractivity contribution is 0.861. The van der Waals surface area contributed by atoms with Crippen molar-refractivity contribution in [1.29, 1.82) is 0 Å². The zero-order valence-electron chi connectivity index (χ0n) is 7.02. The van der Waals surface area contributed by atoms with E-state index in [-0.39, 0.29) is 6.04 Å². The van der Waals surface area contributed by atoms with Gasteiger partial charge in [-0.15, -0.1) is 6.58 Å². The van der Waals surface area contributed by atoms with Gasteiger partial charge < -0.3 is 10.7 Å². The molecule has 0 unspecified atom stereocenters. The summed E-state index contributed by atoms with van der Waals surface area (Å²) in [6, 6.07) is 2.02. The van der Waals surface area contributed by atoms with Crippen molar-refractivity contribution in [3.63, 3.8) is 0 Å². The lowest BCUT2D eigenvalue weighted by atomic mass is 10.1. The molecule has 0 amide bonds. The summed E-state index contributed by atoms with van der Waals surface area (Å²) in [6.07, 6.45) is 1.73. The second-order valence-corrected chi connectivity index (χ2v) is 2.81. The highest BCUT2D eigenvalue weighted by Crippen LogP contribution is 2.15.